The van der Waals surface area contributed by atoms with Crippen molar-refractivity contribution >= 4 is 28.9 Å². The lowest BCUT2D eigenvalue weighted by Crippen LogP contribution is -2.45. The van der Waals surface area contributed by atoms with E-state index in [1.54, 1.807) is 6.92 Å². The Hall–Kier alpha value is -2.63. The second-order valence-corrected chi connectivity index (χ2v) is 6.55. The number of carbonyl (C=O) groups is 2. The molecule has 0 saturated carbocycles. The van der Waals surface area contributed by atoms with Gasteiger partial charge < -0.3 is 9.30 Å². The summed E-state index contributed by atoms with van der Waals surface area (Å²) in [4.78, 5) is 29.9. The molecule has 4 rings (SSSR count). The van der Waals surface area contributed by atoms with E-state index < -0.39 is 11.9 Å². The van der Waals surface area contributed by atoms with Gasteiger partial charge in [0.05, 0.1) is 23.7 Å². The number of anilines is 1. The molecular weight excluding hydrogens is 318 g/mol. The van der Waals surface area contributed by atoms with E-state index >= 15 is 0 Å². The molecule has 0 radical (unpaired) electrons. The molecule has 6 heteroatoms. The van der Waals surface area contributed by atoms with E-state index in [4.69, 9.17) is 4.74 Å². The van der Waals surface area contributed by atoms with Crippen LogP contribution in [0.1, 0.15) is 32.2 Å². The normalized spacial score (nSPS) is 25.5. The van der Waals surface area contributed by atoms with Crippen molar-refractivity contribution in [3.8, 4) is 0 Å². The maximum atomic E-state index is 12.7. The van der Waals surface area contributed by atoms with Crippen LogP contribution < -0.4 is 5.32 Å². The molecule has 2 aliphatic rings. The predicted octanol–water partition coefficient (Wildman–Crippen LogP) is 3.07. The number of hydrogen-bond donors (Lipinski definition) is 1. The Morgan fingerprint density at radius 1 is 1.36 bits per heavy atom. The molecule has 0 saturated heterocycles. The van der Waals surface area contributed by atoms with Crippen molar-refractivity contribution in [2.75, 3.05) is 11.9 Å². The van der Waals surface area contributed by atoms with Crippen molar-refractivity contribution < 1.29 is 14.3 Å². The zero-order chi connectivity index (χ0) is 17.4. The first kappa shape index (κ1) is 15.9. The minimum absolute atomic E-state index is 0.196. The minimum atomic E-state index is -0.846. The SMILES string of the molecule is CCOC(=O)[C@@H]1C(=O)Nc2nc3ccccc3n2[C@H]1[C@@H]1CC=CCC1. The number of aromatic nitrogens is 2. The maximum Gasteiger partial charge on any atom is 0.320 e. The van der Waals surface area contributed by atoms with Gasteiger partial charge in [-0.3, -0.25) is 14.9 Å². The van der Waals surface area contributed by atoms with Gasteiger partial charge in [-0.05, 0) is 44.2 Å². The molecule has 0 bridgehead atoms. The van der Waals surface area contributed by atoms with Gasteiger partial charge in [0.15, 0.2) is 5.92 Å². The Morgan fingerprint density at radius 3 is 2.96 bits per heavy atom. The number of carbonyl (C=O) groups excluding carboxylic acids is 2. The van der Waals surface area contributed by atoms with Crippen molar-refractivity contribution in [3.05, 3.63) is 36.4 Å². The Kier molecular flexibility index (Phi) is 4.03. The van der Waals surface area contributed by atoms with E-state index in [-0.39, 0.29) is 24.5 Å². The van der Waals surface area contributed by atoms with Gasteiger partial charge in [-0.15, -0.1) is 0 Å². The lowest BCUT2D eigenvalue weighted by atomic mass is 9.79. The molecule has 0 spiro atoms. The number of ether oxygens (including phenoxy) is 1. The van der Waals surface area contributed by atoms with Gasteiger partial charge in [0.1, 0.15) is 0 Å². The molecule has 0 unspecified atom stereocenters. The monoisotopic (exact) mass is 339 g/mol. The number of benzene rings is 1. The Balaban J connectivity index is 1.87. The van der Waals surface area contributed by atoms with Crippen molar-refractivity contribution in [2.24, 2.45) is 11.8 Å². The third kappa shape index (κ3) is 2.62. The minimum Gasteiger partial charge on any atom is -0.465 e. The molecule has 2 heterocycles. The molecular formula is C19H21N3O3. The third-order valence-electron chi connectivity index (χ3n) is 5.09. The number of nitrogens with one attached hydrogen (secondary N) is 1. The lowest BCUT2D eigenvalue weighted by Gasteiger charge is -2.37. The predicted molar refractivity (Wildman–Crippen MR) is 94.0 cm³/mol. The van der Waals surface area contributed by atoms with Gasteiger partial charge >= 0.3 is 5.97 Å². The standard InChI is InChI=1S/C19H21N3O3/c1-2-25-18(24)15-16(12-8-4-3-5-9-12)22-14-11-7-6-10-13(14)20-19(22)21-17(15)23/h3-4,6-7,10-12,15-16H,2,5,8-9H2,1H3,(H,20,21,23)/t12-,15+,16+/m1/s1. The zero-order valence-corrected chi connectivity index (χ0v) is 14.1. The van der Waals surface area contributed by atoms with Crippen LogP contribution in [0.4, 0.5) is 5.95 Å². The number of fused-ring (bicyclic) bond motifs is 3. The smallest absolute Gasteiger partial charge is 0.320 e. The summed E-state index contributed by atoms with van der Waals surface area (Å²) in [5.74, 6) is -0.904. The third-order valence-corrected chi connectivity index (χ3v) is 5.09. The summed E-state index contributed by atoms with van der Waals surface area (Å²) < 4.78 is 7.25. The molecule has 0 fully saturated rings. The van der Waals surface area contributed by atoms with Crippen molar-refractivity contribution in [3.63, 3.8) is 0 Å². The molecule has 130 valence electrons. The Bertz CT molecular complexity index is 855. The number of hydrogen-bond acceptors (Lipinski definition) is 4. The van der Waals surface area contributed by atoms with Crippen LogP contribution in [0, 0.1) is 11.8 Å². The average Bonchev–Trinajstić information content (AvgIpc) is 2.99. The molecule has 1 amide bonds. The summed E-state index contributed by atoms with van der Waals surface area (Å²) in [6, 6.07) is 7.50. The number of allylic oxidation sites excluding steroid dienone is 2. The number of para-hydroxylation sites is 2. The lowest BCUT2D eigenvalue weighted by molar-refractivity contribution is -0.154. The van der Waals surface area contributed by atoms with Gasteiger partial charge in [0.25, 0.3) is 0 Å². The van der Waals surface area contributed by atoms with Gasteiger partial charge in [-0.1, -0.05) is 24.3 Å². The highest BCUT2D eigenvalue weighted by atomic mass is 16.5. The van der Waals surface area contributed by atoms with Crippen LogP contribution in [0.25, 0.3) is 11.0 Å². The number of esters is 1. The number of amides is 1. The molecule has 1 N–H and O–H groups in total. The summed E-state index contributed by atoms with van der Waals surface area (Å²) >= 11 is 0. The van der Waals surface area contributed by atoms with E-state index in [0.29, 0.717) is 5.95 Å². The van der Waals surface area contributed by atoms with Gasteiger partial charge in [0, 0.05) is 0 Å². The van der Waals surface area contributed by atoms with Crippen molar-refractivity contribution in [1.82, 2.24) is 9.55 Å². The van der Waals surface area contributed by atoms with Gasteiger partial charge in [0.2, 0.25) is 11.9 Å². The fraction of sp³-hybridized carbons (Fsp3) is 0.421. The van der Waals surface area contributed by atoms with Gasteiger partial charge in [-0.25, -0.2) is 4.98 Å². The second kappa shape index (κ2) is 6.35. The Labute approximate surface area is 145 Å². The van der Waals surface area contributed by atoms with E-state index in [2.05, 4.69) is 22.5 Å². The second-order valence-electron chi connectivity index (χ2n) is 6.55. The van der Waals surface area contributed by atoms with Crippen molar-refractivity contribution in [2.45, 2.75) is 32.2 Å². The van der Waals surface area contributed by atoms with Crippen LogP contribution in [-0.4, -0.2) is 28.0 Å². The van der Waals surface area contributed by atoms with Crippen LogP contribution in [0.15, 0.2) is 36.4 Å². The van der Waals surface area contributed by atoms with E-state index in [1.807, 2.05) is 28.8 Å². The quantitative estimate of drug-likeness (QED) is 0.530. The molecule has 1 aliphatic heterocycles. The summed E-state index contributed by atoms with van der Waals surface area (Å²) in [5, 5.41) is 2.80. The summed E-state index contributed by atoms with van der Waals surface area (Å²) in [5.41, 5.74) is 1.75. The highest BCUT2D eigenvalue weighted by Gasteiger charge is 2.46. The van der Waals surface area contributed by atoms with E-state index in [1.165, 1.54) is 0 Å². The van der Waals surface area contributed by atoms with Crippen LogP contribution in [0.2, 0.25) is 0 Å². The largest absolute Gasteiger partial charge is 0.465 e. The summed E-state index contributed by atoms with van der Waals surface area (Å²) in [6.07, 6.45) is 7.05. The van der Waals surface area contributed by atoms with Gasteiger partial charge in [-0.2, -0.15) is 0 Å². The summed E-state index contributed by atoms with van der Waals surface area (Å²) in [7, 11) is 0. The molecule has 1 aromatic heterocycles. The molecule has 25 heavy (non-hydrogen) atoms. The number of imidazole rings is 1. The zero-order valence-electron chi connectivity index (χ0n) is 14.1. The molecule has 1 aliphatic carbocycles. The van der Waals surface area contributed by atoms with Crippen LogP contribution in [-0.2, 0) is 14.3 Å². The fourth-order valence-electron chi connectivity index (χ4n) is 4.02. The first-order valence-electron chi connectivity index (χ1n) is 8.80. The fourth-order valence-corrected chi connectivity index (χ4v) is 4.02. The van der Waals surface area contributed by atoms with Crippen molar-refractivity contribution in [1.29, 1.82) is 0 Å². The van der Waals surface area contributed by atoms with Crippen LogP contribution >= 0.6 is 0 Å². The molecule has 3 atom stereocenters. The molecule has 1 aromatic carbocycles. The summed E-state index contributed by atoms with van der Waals surface area (Å²) in [6.45, 7) is 2.02. The average molecular weight is 339 g/mol. The molecule has 2 aromatic rings. The number of nitrogens with zero attached hydrogens (tertiary/aromatic N) is 2. The topological polar surface area (TPSA) is 73.2 Å². The maximum absolute atomic E-state index is 12.7. The highest BCUT2D eigenvalue weighted by Crippen LogP contribution is 2.42. The van der Waals surface area contributed by atoms with E-state index in [9.17, 15) is 9.59 Å². The number of rotatable bonds is 3. The molecule has 6 nitrogen and oxygen atoms in total. The van der Waals surface area contributed by atoms with E-state index in [0.717, 1.165) is 30.3 Å². The Morgan fingerprint density at radius 2 is 2.20 bits per heavy atom. The van der Waals surface area contributed by atoms with Crippen LogP contribution in [0.5, 0.6) is 0 Å². The first-order valence-corrected chi connectivity index (χ1v) is 8.80. The van der Waals surface area contributed by atoms with Crippen LogP contribution in [0.3, 0.4) is 0 Å². The first-order chi connectivity index (χ1) is 12.2. The highest BCUT2D eigenvalue weighted by molar-refractivity contribution is 6.06.